The fourth-order valence-corrected chi connectivity index (χ4v) is 5.95. The number of urea groups is 1. The van der Waals surface area contributed by atoms with Crippen LogP contribution >= 0.6 is 23.2 Å². The average Bonchev–Trinajstić information content (AvgIpc) is 3.24. The molecule has 1 unspecified atom stereocenters. The Morgan fingerprint density at radius 1 is 1.05 bits per heavy atom. The molecule has 0 radical (unpaired) electrons. The van der Waals surface area contributed by atoms with Gasteiger partial charge in [-0.15, -0.1) is 0 Å². The van der Waals surface area contributed by atoms with Gasteiger partial charge in [0.25, 0.3) is 5.91 Å². The number of halogens is 2. The van der Waals surface area contributed by atoms with Crippen LogP contribution in [0.1, 0.15) is 25.5 Å². The highest BCUT2D eigenvalue weighted by atomic mass is 35.5. The Labute approximate surface area is 237 Å². The molecule has 2 aromatic rings. The number of rotatable bonds is 7. The number of para-hydroxylation sites is 2. The SMILES string of the molecule is CCOc1ccccc1N1CCN(C(=O)CN2CC3=C(C2=O)C(c2ccc(Cl)cc2Cl)NC(=O)N3CC)CC1. The summed E-state index contributed by atoms with van der Waals surface area (Å²) >= 11 is 12.5. The zero-order chi connectivity index (χ0) is 27.7. The number of anilines is 1. The molecular formula is C28H31Cl2N5O4. The number of carbonyl (C=O) groups excluding carboxylic acids is 3. The third-order valence-corrected chi connectivity index (χ3v) is 7.91. The lowest BCUT2D eigenvalue weighted by Crippen LogP contribution is -2.51. The summed E-state index contributed by atoms with van der Waals surface area (Å²) in [6.45, 7) is 7.31. The van der Waals surface area contributed by atoms with Crippen LogP contribution in [0.3, 0.4) is 0 Å². The van der Waals surface area contributed by atoms with Gasteiger partial charge in [0.1, 0.15) is 12.3 Å². The van der Waals surface area contributed by atoms with Crippen LogP contribution in [0.5, 0.6) is 5.75 Å². The van der Waals surface area contributed by atoms with E-state index in [1.165, 1.54) is 4.90 Å². The average molecular weight is 572 g/mol. The van der Waals surface area contributed by atoms with Gasteiger partial charge in [-0.1, -0.05) is 41.4 Å². The smallest absolute Gasteiger partial charge is 0.322 e. The van der Waals surface area contributed by atoms with Crippen LogP contribution < -0.4 is 15.0 Å². The highest BCUT2D eigenvalue weighted by Crippen LogP contribution is 2.39. The quantitative estimate of drug-likeness (QED) is 0.544. The summed E-state index contributed by atoms with van der Waals surface area (Å²) < 4.78 is 5.77. The number of likely N-dealkylation sites (N-methyl/N-ethyl adjacent to an activating group) is 1. The van der Waals surface area contributed by atoms with Crippen LogP contribution in [0.25, 0.3) is 0 Å². The molecule has 11 heteroatoms. The molecule has 0 bridgehead atoms. The summed E-state index contributed by atoms with van der Waals surface area (Å²) in [6.07, 6.45) is 0. The third-order valence-electron chi connectivity index (χ3n) is 7.35. The van der Waals surface area contributed by atoms with Crippen molar-refractivity contribution in [2.24, 2.45) is 0 Å². The molecule has 3 aliphatic rings. The molecule has 0 saturated carbocycles. The number of hydrogen-bond acceptors (Lipinski definition) is 5. The standard InChI is InChI=1S/C28H31Cl2N5O4/c1-3-35-22-16-34(27(37)25(22)26(31-28(35)38)19-10-9-18(29)15-20(19)30)17-24(36)33-13-11-32(12-14-33)21-7-5-6-8-23(21)39-4-2/h5-10,15,26H,3-4,11-14,16-17H2,1-2H3,(H,31,38). The van der Waals surface area contributed by atoms with Gasteiger partial charge >= 0.3 is 6.03 Å². The minimum atomic E-state index is -0.721. The van der Waals surface area contributed by atoms with E-state index in [1.54, 1.807) is 28.0 Å². The number of benzene rings is 2. The maximum atomic E-state index is 13.7. The third kappa shape index (κ3) is 5.25. The Morgan fingerprint density at radius 3 is 2.49 bits per heavy atom. The fourth-order valence-electron chi connectivity index (χ4n) is 5.44. The Bertz CT molecular complexity index is 1320. The molecule has 2 aromatic carbocycles. The van der Waals surface area contributed by atoms with Gasteiger partial charge in [-0.05, 0) is 43.7 Å². The molecule has 1 N–H and O–H groups in total. The number of nitrogens with zero attached hydrogens (tertiary/aromatic N) is 4. The lowest BCUT2D eigenvalue weighted by molar-refractivity contribution is -0.137. The molecule has 9 nitrogen and oxygen atoms in total. The summed E-state index contributed by atoms with van der Waals surface area (Å²) in [6, 6.07) is 11.9. The lowest BCUT2D eigenvalue weighted by Gasteiger charge is -2.37. The van der Waals surface area contributed by atoms with E-state index in [0.29, 0.717) is 66.2 Å². The van der Waals surface area contributed by atoms with Gasteiger partial charge in [0, 0.05) is 42.8 Å². The molecule has 0 aromatic heterocycles. The first-order chi connectivity index (χ1) is 18.8. The highest BCUT2D eigenvalue weighted by Gasteiger charge is 2.44. The zero-order valence-corrected chi connectivity index (χ0v) is 23.5. The van der Waals surface area contributed by atoms with Crippen molar-refractivity contribution in [2.45, 2.75) is 19.9 Å². The number of nitrogens with one attached hydrogen (secondary N) is 1. The molecule has 3 heterocycles. The van der Waals surface area contributed by atoms with E-state index in [1.807, 2.05) is 38.1 Å². The molecule has 39 heavy (non-hydrogen) atoms. The van der Waals surface area contributed by atoms with Crippen LogP contribution in [-0.2, 0) is 9.59 Å². The summed E-state index contributed by atoms with van der Waals surface area (Å²) in [5.41, 5.74) is 2.64. The predicted octanol–water partition coefficient (Wildman–Crippen LogP) is 3.92. The van der Waals surface area contributed by atoms with Gasteiger partial charge in [-0.3, -0.25) is 14.5 Å². The van der Waals surface area contributed by atoms with E-state index >= 15 is 0 Å². The Morgan fingerprint density at radius 2 is 1.79 bits per heavy atom. The second-order valence-corrected chi connectivity index (χ2v) is 10.4. The van der Waals surface area contributed by atoms with Crippen LogP contribution in [0.2, 0.25) is 10.0 Å². The zero-order valence-electron chi connectivity index (χ0n) is 22.0. The summed E-state index contributed by atoms with van der Waals surface area (Å²) in [5, 5.41) is 3.73. The van der Waals surface area contributed by atoms with E-state index in [-0.39, 0.29) is 30.9 Å². The summed E-state index contributed by atoms with van der Waals surface area (Å²) in [7, 11) is 0. The van der Waals surface area contributed by atoms with Crippen molar-refractivity contribution in [2.75, 3.05) is 57.3 Å². The number of hydrogen-bond donors (Lipinski definition) is 1. The lowest BCUT2D eigenvalue weighted by atomic mass is 9.95. The van der Waals surface area contributed by atoms with Crippen molar-refractivity contribution >= 4 is 46.7 Å². The van der Waals surface area contributed by atoms with Crippen molar-refractivity contribution in [1.29, 1.82) is 0 Å². The number of piperazine rings is 1. The summed E-state index contributed by atoms with van der Waals surface area (Å²) in [5.74, 6) is 0.430. The van der Waals surface area contributed by atoms with E-state index in [4.69, 9.17) is 27.9 Å². The van der Waals surface area contributed by atoms with E-state index in [2.05, 4.69) is 10.2 Å². The Balaban J connectivity index is 1.28. The molecule has 1 atom stereocenters. The van der Waals surface area contributed by atoms with E-state index in [9.17, 15) is 14.4 Å². The van der Waals surface area contributed by atoms with Crippen molar-refractivity contribution in [3.05, 3.63) is 69.3 Å². The van der Waals surface area contributed by atoms with Gasteiger partial charge < -0.3 is 24.8 Å². The van der Waals surface area contributed by atoms with Crippen molar-refractivity contribution < 1.29 is 19.1 Å². The molecule has 3 aliphatic heterocycles. The van der Waals surface area contributed by atoms with Gasteiger partial charge in [-0.2, -0.15) is 0 Å². The number of carbonyl (C=O) groups is 3. The van der Waals surface area contributed by atoms with E-state index < -0.39 is 6.04 Å². The van der Waals surface area contributed by atoms with Gasteiger partial charge in [-0.25, -0.2) is 4.79 Å². The maximum absolute atomic E-state index is 13.7. The molecule has 206 valence electrons. The largest absolute Gasteiger partial charge is 0.492 e. The van der Waals surface area contributed by atoms with Crippen LogP contribution in [-0.4, -0.2) is 85.0 Å². The molecule has 1 saturated heterocycles. The summed E-state index contributed by atoms with van der Waals surface area (Å²) in [4.78, 5) is 47.0. The van der Waals surface area contributed by atoms with Crippen LogP contribution in [0.4, 0.5) is 10.5 Å². The monoisotopic (exact) mass is 571 g/mol. The molecule has 0 spiro atoms. The molecule has 4 amide bonds. The van der Waals surface area contributed by atoms with Crippen molar-refractivity contribution in [3.8, 4) is 5.75 Å². The van der Waals surface area contributed by atoms with Gasteiger partial charge in [0.2, 0.25) is 5.91 Å². The van der Waals surface area contributed by atoms with Crippen LogP contribution in [0, 0.1) is 0 Å². The number of ether oxygens (including phenoxy) is 1. The number of amides is 4. The van der Waals surface area contributed by atoms with Crippen molar-refractivity contribution in [1.82, 2.24) is 20.0 Å². The second-order valence-electron chi connectivity index (χ2n) is 9.58. The van der Waals surface area contributed by atoms with Gasteiger partial charge in [0.15, 0.2) is 0 Å². The second kappa shape index (κ2) is 11.4. The first-order valence-electron chi connectivity index (χ1n) is 13.1. The molecule has 1 fully saturated rings. The molecule has 5 rings (SSSR count). The predicted molar refractivity (Wildman–Crippen MR) is 150 cm³/mol. The minimum absolute atomic E-state index is 0.0613. The van der Waals surface area contributed by atoms with Crippen LogP contribution in [0.15, 0.2) is 53.7 Å². The molecule has 0 aliphatic carbocycles. The normalized spacial score (nSPS) is 19.4. The Hall–Kier alpha value is -3.43. The maximum Gasteiger partial charge on any atom is 0.322 e. The molecular weight excluding hydrogens is 541 g/mol. The minimum Gasteiger partial charge on any atom is -0.492 e. The first kappa shape index (κ1) is 27.1. The van der Waals surface area contributed by atoms with Gasteiger partial charge in [0.05, 0.1) is 36.2 Å². The Kier molecular flexibility index (Phi) is 7.91. The first-order valence-corrected chi connectivity index (χ1v) is 13.9. The van der Waals surface area contributed by atoms with E-state index in [0.717, 1.165) is 11.4 Å². The fraction of sp³-hybridized carbons (Fsp3) is 0.393. The van der Waals surface area contributed by atoms with Crippen molar-refractivity contribution in [3.63, 3.8) is 0 Å². The highest BCUT2D eigenvalue weighted by molar-refractivity contribution is 6.35. The topological polar surface area (TPSA) is 85.4 Å².